The molecule has 2 aliphatic heterocycles. The van der Waals surface area contributed by atoms with Crippen molar-refractivity contribution in [3.8, 4) is 0 Å². The topological polar surface area (TPSA) is 3.24 Å². The Morgan fingerprint density at radius 3 is 2.79 bits per heavy atom. The predicted molar refractivity (Wildman–Crippen MR) is 61.4 cm³/mol. The minimum absolute atomic E-state index is 0.454. The lowest BCUT2D eigenvalue weighted by Gasteiger charge is -2.47. The van der Waals surface area contributed by atoms with Crippen molar-refractivity contribution in [1.29, 1.82) is 0 Å². The van der Waals surface area contributed by atoms with Crippen molar-refractivity contribution in [3.63, 3.8) is 0 Å². The fourth-order valence-corrected chi connectivity index (χ4v) is 3.09. The zero-order chi connectivity index (χ0) is 10.0. The van der Waals surface area contributed by atoms with Gasteiger partial charge in [0.1, 0.15) is 0 Å². The van der Waals surface area contributed by atoms with E-state index in [0.29, 0.717) is 5.54 Å². The highest BCUT2D eigenvalue weighted by molar-refractivity contribution is 5.08. The van der Waals surface area contributed by atoms with E-state index in [1.165, 1.54) is 63.6 Å². The minimum Gasteiger partial charge on any atom is -0.297 e. The van der Waals surface area contributed by atoms with Crippen molar-refractivity contribution in [3.05, 3.63) is 12.2 Å². The van der Waals surface area contributed by atoms with Crippen LogP contribution in [-0.4, -0.2) is 23.5 Å². The molecule has 0 aliphatic carbocycles. The third-order valence-corrected chi connectivity index (χ3v) is 4.02. The molecule has 1 atom stereocenters. The van der Waals surface area contributed by atoms with E-state index >= 15 is 0 Å². The van der Waals surface area contributed by atoms with Crippen molar-refractivity contribution >= 4 is 0 Å². The molecule has 2 fully saturated rings. The molecule has 2 rings (SSSR count). The summed E-state index contributed by atoms with van der Waals surface area (Å²) in [5, 5.41) is 0. The Morgan fingerprint density at radius 1 is 1.14 bits per heavy atom. The van der Waals surface area contributed by atoms with Crippen LogP contribution < -0.4 is 0 Å². The van der Waals surface area contributed by atoms with Crippen LogP contribution in [0, 0.1) is 0 Å². The van der Waals surface area contributed by atoms with Gasteiger partial charge in [-0.05, 0) is 39.2 Å². The fourth-order valence-electron chi connectivity index (χ4n) is 3.09. The van der Waals surface area contributed by atoms with E-state index in [-0.39, 0.29) is 0 Å². The number of rotatable bonds is 0. The van der Waals surface area contributed by atoms with Gasteiger partial charge < -0.3 is 0 Å². The van der Waals surface area contributed by atoms with Gasteiger partial charge in [0, 0.05) is 12.1 Å². The number of hydrogen-bond donors (Lipinski definition) is 0. The first-order chi connectivity index (χ1) is 6.71. The first kappa shape index (κ1) is 10.2. The van der Waals surface area contributed by atoms with E-state index in [1.807, 2.05) is 0 Å². The van der Waals surface area contributed by atoms with Crippen LogP contribution in [-0.2, 0) is 0 Å². The zero-order valence-corrected chi connectivity index (χ0v) is 9.52. The Morgan fingerprint density at radius 2 is 1.93 bits per heavy atom. The lowest BCUT2D eigenvalue weighted by Crippen LogP contribution is -2.51. The first-order valence-electron chi connectivity index (χ1n) is 6.12. The lowest BCUT2D eigenvalue weighted by atomic mass is 9.80. The first-order valence-corrected chi connectivity index (χ1v) is 6.12. The monoisotopic (exact) mass is 193 g/mol. The average molecular weight is 193 g/mol. The molecule has 80 valence electrons. The van der Waals surface area contributed by atoms with Gasteiger partial charge in [0.05, 0.1) is 0 Å². The summed E-state index contributed by atoms with van der Waals surface area (Å²) in [6.07, 6.45) is 9.56. The summed E-state index contributed by atoms with van der Waals surface area (Å²) in [5.41, 5.74) is 1.93. The maximum absolute atomic E-state index is 4.18. The van der Waals surface area contributed by atoms with Crippen LogP contribution in [0.5, 0.6) is 0 Å². The summed E-state index contributed by atoms with van der Waals surface area (Å²) >= 11 is 0. The Bertz CT molecular complexity index is 221. The Labute approximate surface area is 88.2 Å². The van der Waals surface area contributed by atoms with Gasteiger partial charge in [0.15, 0.2) is 0 Å². The SMILES string of the molecule is C=C1CCN2CCCCCCC2(C)C1. The highest BCUT2D eigenvalue weighted by Gasteiger charge is 2.35. The third kappa shape index (κ3) is 2.03. The molecule has 0 aromatic rings. The van der Waals surface area contributed by atoms with Gasteiger partial charge in [-0.3, -0.25) is 4.90 Å². The molecule has 0 radical (unpaired) electrons. The largest absolute Gasteiger partial charge is 0.297 e. The minimum atomic E-state index is 0.454. The third-order valence-electron chi connectivity index (χ3n) is 4.02. The smallest absolute Gasteiger partial charge is 0.0218 e. The van der Waals surface area contributed by atoms with Crippen molar-refractivity contribution < 1.29 is 0 Å². The molecule has 14 heavy (non-hydrogen) atoms. The van der Waals surface area contributed by atoms with Crippen molar-refractivity contribution in [1.82, 2.24) is 4.90 Å². The van der Waals surface area contributed by atoms with Gasteiger partial charge in [-0.1, -0.05) is 31.4 Å². The van der Waals surface area contributed by atoms with E-state index < -0.39 is 0 Å². The summed E-state index contributed by atoms with van der Waals surface area (Å²) in [7, 11) is 0. The maximum Gasteiger partial charge on any atom is 0.0218 e. The fraction of sp³-hybridized carbons (Fsp3) is 0.846. The second-order valence-electron chi connectivity index (χ2n) is 5.32. The van der Waals surface area contributed by atoms with Crippen LogP contribution in [0.2, 0.25) is 0 Å². The van der Waals surface area contributed by atoms with Crippen molar-refractivity contribution in [2.75, 3.05) is 13.1 Å². The van der Waals surface area contributed by atoms with Gasteiger partial charge in [-0.25, -0.2) is 0 Å². The second kappa shape index (κ2) is 4.06. The summed E-state index contributed by atoms with van der Waals surface area (Å²) in [6, 6.07) is 0. The highest BCUT2D eigenvalue weighted by atomic mass is 15.2. The second-order valence-corrected chi connectivity index (χ2v) is 5.32. The molecule has 1 heteroatoms. The quantitative estimate of drug-likeness (QED) is 0.533. The molecule has 0 saturated carbocycles. The summed E-state index contributed by atoms with van der Waals surface area (Å²) in [5.74, 6) is 0. The van der Waals surface area contributed by atoms with Gasteiger partial charge in [-0.2, -0.15) is 0 Å². The standard InChI is InChI=1S/C13H23N/c1-12-7-10-14-9-6-4-3-5-8-13(14,2)11-12/h1,3-11H2,2H3. The molecule has 0 aromatic heterocycles. The lowest BCUT2D eigenvalue weighted by molar-refractivity contribution is 0.0636. The van der Waals surface area contributed by atoms with Crippen LogP contribution >= 0.6 is 0 Å². The summed E-state index contributed by atoms with van der Waals surface area (Å²) in [4.78, 5) is 2.72. The summed E-state index contributed by atoms with van der Waals surface area (Å²) in [6.45, 7) is 9.21. The average Bonchev–Trinajstić information content (AvgIpc) is 2.10. The van der Waals surface area contributed by atoms with E-state index in [1.54, 1.807) is 0 Å². The van der Waals surface area contributed by atoms with Crippen molar-refractivity contribution in [2.24, 2.45) is 0 Å². The Hall–Kier alpha value is -0.300. The van der Waals surface area contributed by atoms with E-state index in [4.69, 9.17) is 0 Å². The van der Waals surface area contributed by atoms with Crippen LogP contribution in [0.15, 0.2) is 12.2 Å². The normalized spacial score (nSPS) is 35.9. The van der Waals surface area contributed by atoms with Crippen LogP contribution in [0.3, 0.4) is 0 Å². The van der Waals surface area contributed by atoms with Crippen LogP contribution in [0.25, 0.3) is 0 Å². The molecule has 2 heterocycles. The molecule has 1 nitrogen and oxygen atoms in total. The van der Waals surface area contributed by atoms with Gasteiger partial charge in [0.25, 0.3) is 0 Å². The molecule has 0 aromatic carbocycles. The highest BCUT2D eigenvalue weighted by Crippen LogP contribution is 2.36. The molecule has 0 spiro atoms. The van der Waals surface area contributed by atoms with Gasteiger partial charge in [-0.15, -0.1) is 0 Å². The molecule has 0 bridgehead atoms. The molecule has 0 amide bonds. The van der Waals surface area contributed by atoms with Gasteiger partial charge >= 0.3 is 0 Å². The summed E-state index contributed by atoms with van der Waals surface area (Å²) < 4.78 is 0. The molecular formula is C13H23N. The van der Waals surface area contributed by atoms with E-state index in [0.717, 1.165) is 0 Å². The molecule has 2 saturated heterocycles. The van der Waals surface area contributed by atoms with Crippen molar-refractivity contribution in [2.45, 2.75) is 57.4 Å². The van der Waals surface area contributed by atoms with E-state index in [9.17, 15) is 0 Å². The number of hydrogen-bond acceptors (Lipinski definition) is 1. The molecular weight excluding hydrogens is 170 g/mol. The van der Waals surface area contributed by atoms with E-state index in [2.05, 4.69) is 18.4 Å². The number of fused-ring (bicyclic) bond motifs is 1. The Balaban J connectivity index is 2.08. The molecule has 1 unspecified atom stereocenters. The maximum atomic E-state index is 4.18. The number of piperidine rings is 1. The Kier molecular flexibility index (Phi) is 2.96. The van der Waals surface area contributed by atoms with Crippen LogP contribution in [0.1, 0.15) is 51.9 Å². The van der Waals surface area contributed by atoms with Gasteiger partial charge in [0.2, 0.25) is 0 Å². The zero-order valence-electron chi connectivity index (χ0n) is 9.52. The molecule has 0 N–H and O–H groups in total. The predicted octanol–water partition coefficient (Wildman–Crippen LogP) is 3.36. The molecule has 2 aliphatic rings. The van der Waals surface area contributed by atoms with Crippen LogP contribution in [0.4, 0.5) is 0 Å². The number of nitrogens with zero attached hydrogens (tertiary/aromatic N) is 1.